The van der Waals surface area contributed by atoms with Crippen molar-refractivity contribution in [1.29, 1.82) is 0 Å². The maximum absolute atomic E-state index is 12.5. The lowest BCUT2D eigenvalue weighted by Gasteiger charge is -2.25. The van der Waals surface area contributed by atoms with Gasteiger partial charge in [0, 0.05) is 13.1 Å². The highest BCUT2D eigenvalue weighted by molar-refractivity contribution is 5.88. The molecule has 0 saturated carbocycles. The van der Waals surface area contributed by atoms with E-state index in [0.717, 1.165) is 0 Å². The largest absolute Gasteiger partial charge is 0.388 e. The van der Waals surface area contributed by atoms with Gasteiger partial charge in [-0.1, -0.05) is 30.3 Å². The Morgan fingerprint density at radius 3 is 2.55 bits per heavy atom. The molecule has 2 atom stereocenters. The Balaban J connectivity index is 2.19. The number of nitrogens with zero attached hydrogens (tertiary/aromatic N) is 1. The number of primary amides is 1. The zero-order chi connectivity index (χ0) is 14.8. The third kappa shape index (κ3) is 3.27. The molecule has 1 heterocycles. The summed E-state index contributed by atoms with van der Waals surface area (Å²) >= 11 is 0. The van der Waals surface area contributed by atoms with Crippen LogP contribution in [0, 0.1) is 0 Å². The topological polar surface area (TPSA) is 95.7 Å². The zero-order valence-electron chi connectivity index (χ0n) is 11.4. The van der Waals surface area contributed by atoms with Crippen LogP contribution < -0.4 is 11.1 Å². The van der Waals surface area contributed by atoms with Crippen LogP contribution in [0.1, 0.15) is 24.9 Å². The number of carbonyl (C=O) groups is 2. The summed E-state index contributed by atoms with van der Waals surface area (Å²) < 4.78 is 0. The average Bonchev–Trinajstić information content (AvgIpc) is 2.76. The lowest BCUT2D eigenvalue weighted by atomic mass is 10.1. The highest BCUT2D eigenvalue weighted by Gasteiger charge is 2.37. The third-order valence-electron chi connectivity index (χ3n) is 3.43. The molecule has 4 N–H and O–H groups in total. The molecule has 2 rings (SSSR count). The first kappa shape index (κ1) is 14.3. The minimum absolute atomic E-state index is 0.257. The van der Waals surface area contributed by atoms with Crippen LogP contribution >= 0.6 is 0 Å². The molecular weight excluding hydrogens is 258 g/mol. The maximum Gasteiger partial charge on any atom is 0.313 e. The molecule has 1 aliphatic rings. The summed E-state index contributed by atoms with van der Waals surface area (Å²) in [5.41, 5.74) is 4.95. The van der Waals surface area contributed by atoms with Crippen molar-refractivity contribution >= 4 is 11.9 Å². The van der Waals surface area contributed by atoms with E-state index in [9.17, 15) is 14.7 Å². The van der Waals surface area contributed by atoms with Crippen LogP contribution in [0.3, 0.4) is 0 Å². The number of nitrogens with one attached hydrogen (secondary N) is 1. The van der Waals surface area contributed by atoms with Crippen molar-refractivity contribution in [2.24, 2.45) is 5.73 Å². The average molecular weight is 277 g/mol. The summed E-state index contributed by atoms with van der Waals surface area (Å²) in [6.45, 7) is 2.42. The number of rotatable bonds is 3. The molecule has 1 aromatic carbocycles. The Hall–Kier alpha value is -2.08. The predicted octanol–water partition coefficient (Wildman–Crippen LogP) is 0.379. The monoisotopic (exact) mass is 277 g/mol. The van der Waals surface area contributed by atoms with E-state index in [-0.39, 0.29) is 12.5 Å². The van der Waals surface area contributed by atoms with Gasteiger partial charge in [-0.25, -0.2) is 4.79 Å². The van der Waals surface area contributed by atoms with Gasteiger partial charge in [0.05, 0.1) is 5.60 Å². The van der Waals surface area contributed by atoms with Gasteiger partial charge in [-0.05, 0) is 18.9 Å². The smallest absolute Gasteiger partial charge is 0.313 e. The molecule has 6 nitrogen and oxygen atoms in total. The molecule has 108 valence electrons. The van der Waals surface area contributed by atoms with Crippen LogP contribution in [0.25, 0.3) is 0 Å². The maximum atomic E-state index is 12.5. The summed E-state index contributed by atoms with van der Waals surface area (Å²) in [4.78, 5) is 25.2. The minimum Gasteiger partial charge on any atom is -0.388 e. The summed E-state index contributed by atoms with van der Waals surface area (Å²) in [7, 11) is 0. The quantitative estimate of drug-likeness (QED) is 0.745. The Labute approximate surface area is 117 Å². The summed E-state index contributed by atoms with van der Waals surface area (Å²) in [6, 6.07) is 7.35. The van der Waals surface area contributed by atoms with Crippen LogP contribution in [0.4, 0.5) is 4.79 Å². The van der Waals surface area contributed by atoms with Crippen LogP contribution in [0.2, 0.25) is 0 Å². The Morgan fingerprint density at radius 2 is 2.05 bits per heavy atom. The first-order valence-electron chi connectivity index (χ1n) is 6.51. The van der Waals surface area contributed by atoms with E-state index < -0.39 is 17.7 Å². The standard InChI is InChI=1S/C14H19N3O3/c1-14(20)7-8-17(9-14)12(18)11(16-13(15)19)10-5-3-2-4-6-10/h2-6,11,20H,7-9H2,1H3,(H3,15,16,19). The van der Waals surface area contributed by atoms with E-state index in [0.29, 0.717) is 18.5 Å². The van der Waals surface area contributed by atoms with Crippen molar-refractivity contribution in [3.05, 3.63) is 35.9 Å². The van der Waals surface area contributed by atoms with E-state index in [1.807, 2.05) is 6.07 Å². The van der Waals surface area contributed by atoms with Gasteiger partial charge in [0.1, 0.15) is 6.04 Å². The first-order valence-corrected chi connectivity index (χ1v) is 6.51. The van der Waals surface area contributed by atoms with E-state index in [4.69, 9.17) is 5.73 Å². The lowest BCUT2D eigenvalue weighted by molar-refractivity contribution is -0.133. The van der Waals surface area contributed by atoms with Crippen molar-refractivity contribution < 1.29 is 14.7 Å². The molecule has 20 heavy (non-hydrogen) atoms. The Morgan fingerprint density at radius 1 is 1.40 bits per heavy atom. The van der Waals surface area contributed by atoms with Gasteiger partial charge < -0.3 is 21.1 Å². The number of amides is 3. The predicted molar refractivity (Wildman–Crippen MR) is 73.7 cm³/mol. The lowest BCUT2D eigenvalue weighted by Crippen LogP contribution is -2.44. The number of carbonyl (C=O) groups excluding carboxylic acids is 2. The van der Waals surface area contributed by atoms with E-state index in [2.05, 4.69) is 5.32 Å². The van der Waals surface area contributed by atoms with Gasteiger partial charge >= 0.3 is 6.03 Å². The van der Waals surface area contributed by atoms with Crippen LogP contribution in [0.15, 0.2) is 30.3 Å². The van der Waals surface area contributed by atoms with Gasteiger partial charge in [0.2, 0.25) is 5.91 Å². The molecule has 6 heteroatoms. The van der Waals surface area contributed by atoms with Gasteiger partial charge in [-0.3, -0.25) is 4.79 Å². The number of urea groups is 1. The molecule has 0 spiro atoms. The first-order chi connectivity index (χ1) is 9.39. The molecular formula is C14H19N3O3. The molecule has 1 saturated heterocycles. The number of β-amino-alcohol motifs (C(OH)–C–C–N with tert-alkyl or cyclic N) is 1. The van der Waals surface area contributed by atoms with Crippen molar-refractivity contribution in [1.82, 2.24) is 10.2 Å². The molecule has 0 aromatic heterocycles. The van der Waals surface area contributed by atoms with E-state index in [1.165, 1.54) is 0 Å². The molecule has 0 radical (unpaired) electrons. The van der Waals surface area contributed by atoms with Gasteiger partial charge in [-0.2, -0.15) is 0 Å². The van der Waals surface area contributed by atoms with E-state index in [1.54, 1.807) is 36.1 Å². The molecule has 3 amide bonds. The van der Waals surface area contributed by atoms with Crippen molar-refractivity contribution in [3.63, 3.8) is 0 Å². The second kappa shape index (κ2) is 5.50. The summed E-state index contributed by atoms with van der Waals surface area (Å²) in [5.74, 6) is -0.257. The van der Waals surface area contributed by atoms with Gasteiger partial charge in [-0.15, -0.1) is 0 Å². The highest BCUT2D eigenvalue weighted by Crippen LogP contribution is 2.24. The second-order valence-electron chi connectivity index (χ2n) is 5.36. The summed E-state index contributed by atoms with van der Waals surface area (Å²) in [6.07, 6.45) is 0.525. The van der Waals surface area contributed by atoms with Crippen molar-refractivity contribution in [2.75, 3.05) is 13.1 Å². The van der Waals surface area contributed by atoms with Gasteiger partial charge in [0.15, 0.2) is 0 Å². The van der Waals surface area contributed by atoms with Crippen molar-refractivity contribution in [3.8, 4) is 0 Å². The number of benzene rings is 1. The molecule has 1 aliphatic heterocycles. The molecule has 0 aliphatic carbocycles. The zero-order valence-corrected chi connectivity index (χ0v) is 11.4. The minimum atomic E-state index is -0.871. The van der Waals surface area contributed by atoms with Crippen LogP contribution in [-0.2, 0) is 4.79 Å². The number of nitrogens with two attached hydrogens (primary N) is 1. The van der Waals surface area contributed by atoms with E-state index >= 15 is 0 Å². The fourth-order valence-corrected chi connectivity index (χ4v) is 2.39. The van der Waals surface area contributed by atoms with Crippen LogP contribution in [0.5, 0.6) is 0 Å². The molecule has 2 unspecified atom stereocenters. The molecule has 1 aromatic rings. The highest BCUT2D eigenvalue weighted by atomic mass is 16.3. The molecule has 0 bridgehead atoms. The number of likely N-dealkylation sites (tertiary alicyclic amines) is 1. The van der Waals surface area contributed by atoms with Crippen molar-refractivity contribution in [2.45, 2.75) is 25.0 Å². The van der Waals surface area contributed by atoms with Gasteiger partial charge in [0.25, 0.3) is 0 Å². The normalized spacial score (nSPS) is 23.4. The van der Waals surface area contributed by atoms with Crippen LogP contribution in [-0.4, -0.2) is 40.6 Å². The SMILES string of the molecule is CC1(O)CCN(C(=O)C(NC(N)=O)c2ccccc2)C1. The third-order valence-corrected chi connectivity index (χ3v) is 3.43. The number of hydrogen-bond acceptors (Lipinski definition) is 3. The summed E-state index contributed by atoms with van der Waals surface area (Å²) in [5, 5.41) is 12.4. The number of aliphatic hydroxyl groups is 1. The molecule has 1 fully saturated rings. The fourth-order valence-electron chi connectivity index (χ4n) is 2.39. The number of hydrogen-bond donors (Lipinski definition) is 3. The second-order valence-corrected chi connectivity index (χ2v) is 5.36. The Kier molecular flexibility index (Phi) is 3.94. The fraction of sp³-hybridized carbons (Fsp3) is 0.429. The Bertz CT molecular complexity index is 502.